The van der Waals surface area contributed by atoms with Crippen LogP contribution in [0.15, 0.2) is 10.7 Å². The van der Waals surface area contributed by atoms with Crippen LogP contribution < -0.4 is 4.74 Å². The fourth-order valence-electron chi connectivity index (χ4n) is 0.921. The predicted molar refractivity (Wildman–Crippen MR) is 55.5 cm³/mol. The Balaban J connectivity index is 3.38. The van der Waals surface area contributed by atoms with E-state index in [1.807, 2.05) is 0 Å². The highest BCUT2D eigenvalue weighted by atomic mass is 79.9. The summed E-state index contributed by atoms with van der Waals surface area (Å²) in [5, 5.41) is 9.15. The number of hydrogen-bond acceptors (Lipinski definition) is 5. The summed E-state index contributed by atoms with van der Waals surface area (Å²) in [5.74, 6) is -1.17. The van der Waals surface area contributed by atoms with Gasteiger partial charge in [0.15, 0.2) is 4.60 Å². The number of ether oxygens (including phenoxy) is 1. The lowest BCUT2D eigenvalue weighted by molar-refractivity contribution is -0.386. The zero-order valence-corrected chi connectivity index (χ0v) is 10.3. The molecule has 0 radical (unpaired) electrons. The van der Waals surface area contributed by atoms with E-state index in [1.54, 1.807) is 0 Å². The Morgan fingerprint density at radius 1 is 1.56 bits per heavy atom. The molecule has 0 aliphatic carbocycles. The van der Waals surface area contributed by atoms with Crippen LogP contribution in [0, 0.1) is 10.1 Å². The molecule has 0 atom stereocenters. The minimum absolute atomic E-state index is 0.520. The number of carbonyl (C=O) groups excluding carboxylic acids is 1. The highest BCUT2D eigenvalue weighted by Gasteiger charge is 2.35. The van der Waals surface area contributed by atoms with Crippen molar-refractivity contribution in [3.05, 3.63) is 26.3 Å². The van der Waals surface area contributed by atoms with Gasteiger partial charge in [0.05, 0.1) is 4.92 Å². The van der Waals surface area contributed by atoms with Gasteiger partial charge in [0.2, 0.25) is 5.88 Å². The molecule has 1 heterocycles. The number of nitrogens with zero attached hydrogens (tertiary/aromatic N) is 2. The second-order valence-electron chi connectivity index (χ2n) is 2.73. The van der Waals surface area contributed by atoms with Gasteiger partial charge in [0, 0.05) is 6.07 Å². The third-order valence-electron chi connectivity index (χ3n) is 1.54. The van der Waals surface area contributed by atoms with Gasteiger partial charge in [-0.05, 0) is 27.5 Å². The third kappa shape index (κ3) is 3.53. The third-order valence-corrected chi connectivity index (χ3v) is 2.33. The van der Waals surface area contributed by atoms with Crippen LogP contribution in [0.5, 0.6) is 5.88 Å². The van der Waals surface area contributed by atoms with Crippen LogP contribution in [0.2, 0.25) is 0 Å². The smallest absolute Gasteiger partial charge is 0.387 e. The van der Waals surface area contributed by atoms with Gasteiger partial charge in [-0.25, -0.2) is 0 Å². The minimum Gasteiger partial charge on any atom is -0.387 e. The first-order chi connectivity index (χ1) is 8.11. The van der Waals surface area contributed by atoms with Gasteiger partial charge in [0.25, 0.3) is 5.24 Å². The van der Waals surface area contributed by atoms with Crippen molar-refractivity contribution in [1.82, 2.24) is 4.98 Å². The number of pyridine rings is 1. The van der Waals surface area contributed by atoms with Crippen molar-refractivity contribution in [2.24, 2.45) is 0 Å². The maximum absolute atomic E-state index is 12.0. The summed E-state index contributed by atoms with van der Waals surface area (Å²) in [6.45, 7) is 0. The van der Waals surface area contributed by atoms with Gasteiger partial charge >= 0.3 is 12.0 Å². The Morgan fingerprint density at radius 2 is 2.11 bits per heavy atom. The molecular weight excluding hydrogens is 348 g/mol. The number of hydrogen-bond donors (Lipinski definition) is 0. The summed E-state index contributed by atoms with van der Waals surface area (Å²) < 4.78 is 39.0. The molecule has 98 valence electrons. The molecule has 0 bridgehead atoms. The van der Waals surface area contributed by atoms with Crippen LogP contribution in [0.1, 0.15) is 10.4 Å². The van der Waals surface area contributed by atoms with Crippen LogP contribution >= 0.6 is 27.5 Å². The van der Waals surface area contributed by atoms with E-state index in [9.17, 15) is 28.1 Å². The first-order valence-electron chi connectivity index (χ1n) is 3.92. The maximum atomic E-state index is 12.0. The van der Waals surface area contributed by atoms with Gasteiger partial charge in [-0.3, -0.25) is 14.9 Å². The summed E-state index contributed by atoms with van der Waals surface area (Å²) in [6, 6.07) is 0.535. The molecule has 0 spiro atoms. The second kappa shape index (κ2) is 5.06. The summed E-state index contributed by atoms with van der Waals surface area (Å²) >= 11 is 7.59. The Kier molecular flexibility index (Phi) is 4.12. The average Bonchev–Trinajstić information content (AvgIpc) is 2.13. The quantitative estimate of drug-likeness (QED) is 0.362. The molecule has 0 aliphatic rings. The number of carbonyl (C=O) groups is 1. The summed E-state index contributed by atoms with van der Waals surface area (Å²) in [4.78, 5) is 23.6. The molecule has 1 aromatic heterocycles. The topological polar surface area (TPSA) is 82.3 Å². The fourth-order valence-corrected chi connectivity index (χ4v) is 1.48. The van der Waals surface area contributed by atoms with Crippen LogP contribution in [0.25, 0.3) is 0 Å². The van der Waals surface area contributed by atoms with Gasteiger partial charge < -0.3 is 4.74 Å². The number of rotatable bonds is 3. The molecule has 0 aliphatic heterocycles. The Labute approximate surface area is 110 Å². The van der Waals surface area contributed by atoms with Crippen molar-refractivity contribution < 1.29 is 27.6 Å². The Morgan fingerprint density at radius 3 is 2.50 bits per heavy atom. The minimum atomic E-state index is -5.11. The van der Waals surface area contributed by atoms with Gasteiger partial charge in [-0.1, -0.05) is 0 Å². The standard InChI is InChI=1S/C7HBrClF3N2O4/c8-4-3(14(16)17)1-2(5(9)15)6(13-4)18-7(10,11)12/h1H. The molecule has 0 saturated carbocycles. The number of alkyl halides is 3. The normalized spacial score (nSPS) is 11.2. The van der Waals surface area contributed by atoms with Gasteiger partial charge in [0.1, 0.15) is 5.56 Å². The largest absolute Gasteiger partial charge is 0.574 e. The van der Waals surface area contributed by atoms with Crippen molar-refractivity contribution in [2.75, 3.05) is 0 Å². The van der Waals surface area contributed by atoms with Crippen LogP contribution in [-0.2, 0) is 0 Å². The highest BCUT2D eigenvalue weighted by Crippen LogP contribution is 2.32. The number of halogens is 5. The van der Waals surface area contributed by atoms with E-state index in [0.29, 0.717) is 6.07 Å². The molecule has 11 heteroatoms. The summed E-state index contributed by atoms with van der Waals surface area (Å²) in [6.07, 6.45) is -5.11. The summed E-state index contributed by atoms with van der Waals surface area (Å²) in [5.41, 5.74) is -1.57. The van der Waals surface area contributed by atoms with E-state index in [1.165, 1.54) is 0 Å². The molecule has 18 heavy (non-hydrogen) atoms. The zero-order chi connectivity index (χ0) is 14.1. The monoisotopic (exact) mass is 348 g/mol. The van der Waals surface area contributed by atoms with Crippen molar-refractivity contribution >= 4 is 38.5 Å². The lowest BCUT2D eigenvalue weighted by atomic mass is 10.3. The van der Waals surface area contributed by atoms with E-state index < -0.39 is 38.3 Å². The molecule has 0 fully saturated rings. The molecule has 1 rings (SSSR count). The van der Waals surface area contributed by atoms with Crippen molar-refractivity contribution in [1.29, 1.82) is 0 Å². The molecule has 0 aromatic carbocycles. The SMILES string of the molecule is O=C(Cl)c1cc([N+](=O)[O-])c(Br)nc1OC(F)(F)F. The van der Waals surface area contributed by atoms with Gasteiger partial charge in [-0.2, -0.15) is 4.98 Å². The lowest BCUT2D eigenvalue weighted by Crippen LogP contribution is -2.19. The molecular formula is C7HBrClF3N2O4. The molecule has 0 saturated heterocycles. The average molecular weight is 349 g/mol. The van der Waals surface area contributed by atoms with Crippen LogP contribution in [-0.4, -0.2) is 21.5 Å². The lowest BCUT2D eigenvalue weighted by Gasteiger charge is -2.10. The van der Waals surface area contributed by atoms with Gasteiger partial charge in [-0.15, -0.1) is 13.2 Å². The van der Waals surface area contributed by atoms with E-state index in [4.69, 9.17) is 11.6 Å². The van der Waals surface area contributed by atoms with Crippen molar-refractivity contribution in [2.45, 2.75) is 6.36 Å². The number of aromatic nitrogens is 1. The van der Waals surface area contributed by atoms with Crippen molar-refractivity contribution in [3.8, 4) is 5.88 Å². The Hall–Kier alpha value is -1.42. The second-order valence-corrected chi connectivity index (χ2v) is 3.82. The first kappa shape index (κ1) is 14.6. The highest BCUT2D eigenvalue weighted by molar-refractivity contribution is 9.10. The van der Waals surface area contributed by atoms with Crippen LogP contribution in [0.3, 0.4) is 0 Å². The predicted octanol–water partition coefficient (Wildman–Crippen LogP) is 3.03. The molecule has 1 aromatic rings. The van der Waals surface area contributed by atoms with Crippen LogP contribution in [0.4, 0.5) is 18.9 Å². The molecule has 0 unspecified atom stereocenters. The summed E-state index contributed by atoms with van der Waals surface area (Å²) in [7, 11) is 0. The van der Waals surface area contributed by atoms with E-state index in [-0.39, 0.29) is 0 Å². The first-order valence-corrected chi connectivity index (χ1v) is 5.09. The van der Waals surface area contributed by atoms with Crippen molar-refractivity contribution in [3.63, 3.8) is 0 Å². The molecule has 0 N–H and O–H groups in total. The fraction of sp³-hybridized carbons (Fsp3) is 0.143. The molecule has 0 amide bonds. The van der Waals surface area contributed by atoms with E-state index in [0.717, 1.165) is 0 Å². The maximum Gasteiger partial charge on any atom is 0.574 e. The Bertz CT molecular complexity index is 522. The number of nitro groups is 1. The van der Waals surface area contributed by atoms with E-state index >= 15 is 0 Å². The molecule has 6 nitrogen and oxygen atoms in total. The zero-order valence-electron chi connectivity index (χ0n) is 7.99. The van der Waals surface area contributed by atoms with E-state index in [2.05, 4.69) is 25.7 Å².